The normalized spacial score (nSPS) is 13.0. The van der Waals surface area contributed by atoms with Crippen molar-refractivity contribution >= 4 is 39.3 Å². The number of hydrogen-bond donors (Lipinski definition) is 1. The predicted molar refractivity (Wildman–Crippen MR) is 170 cm³/mol. The van der Waals surface area contributed by atoms with Crippen molar-refractivity contribution in [1.29, 1.82) is 0 Å². The van der Waals surface area contributed by atoms with E-state index in [-0.39, 0.29) is 24.9 Å². The monoisotopic (exact) mass is 612 g/mol. The van der Waals surface area contributed by atoms with E-state index < -0.39 is 28.7 Å². The number of carbonyl (C=O) groups is 2. The first-order valence-electron chi connectivity index (χ1n) is 14.0. The summed E-state index contributed by atoms with van der Waals surface area (Å²) < 4.78 is 29.4. The SMILES string of the molecule is CC[C@@H](C)NC(=O)[C@H](Cc1ccccc1)N(Cc1ccccc1Cl)C(=O)CN(c1cc(C)ccc1C)S(=O)(=O)N(C)C. The summed E-state index contributed by atoms with van der Waals surface area (Å²) in [5.41, 5.74) is 3.47. The predicted octanol–water partition coefficient (Wildman–Crippen LogP) is 5.12. The second-order valence-electron chi connectivity index (χ2n) is 10.7. The van der Waals surface area contributed by atoms with E-state index in [9.17, 15) is 18.0 Å². The molecule has 0 radical (unpaired) electrons. The van der Waals surface area contributed by atoms with E-state index in [0.29, 0.717) is 28.3 Å². The van der Waals surface area contributed by atoms with Crippen LogP contribution in [0.15, 0.2) is 72.8 Å². The molecule has 2 amide bonds. The lowest BCUT2D eigenvalue weighted by Gasteiger charge is -2.35. The molecule has 0 aliphatic rings. The highest BCUT2D eigenvalue weighted by molar-refractivity contribution is 7.90. The zero-order chi connectivity index (χ0) is 31.0. The number of amides is 2. The van der Waals surface area contributed by atoms with Gasteiger partial charge in [-0.05, 0) is 61.6 Å². The summed E-state index contributed by atoms with van der Waals surface area (Å²) >= 11 is 6.53. The van der Waals surface area contributed by atoms with Gasteiger partial charge in [0.2, 0.25) is 11.8 Å². The van der Waals surface area contributed by atoms with Crippen LogP contribution in [-0.2, 0) is 32.8 Å². The van der Waals surface area contributed by atoms with E-state index >= 15 is 0 Å². The number of rotatable bonds is 13. The van der Waals surface area contributed by atoms with Crippen LogP contribution < -0.4 is 9.62 Å². The Kier molecular flexibility index (Phi) is 11.6. The van der Waals surface area contributed by atoms with Crippen molar-refractivity contribution in [2.75, 3.05) is 24.9 Å². The Balaban J connectivity index is 2.14. The highest BCUT2D eigenvalue weighted by atomic mass is 35.5. The minimum Gasteiger partial charge on any atom is -0.352 e. The molecule has 0 aliphatic heterocycles. The molecule has 3 rings (SSSR count). The summed E-state index contributed by atoms with van der Waals surface area (Å²) in [4.78, 5) is 29.7. The molecule has 0 aromatic heterocycles. The van der Waals surface area contributed by atoms with E-state index in [0.717, 1.165) is 19.7 Å². The van der Waals surface area contributed by atoms with Gasteiger partial charge in [-0.3, -0.25) is 9.59 Å². The molecule has 2 atom stereocenters. The van der Waals surface area contributed by atoms with Crippen molar-refractivity contribution in [2.45, 2.75) is 59.2 Å². The average molecular weight is 613 g/mol. The van der Waals surface area contributed by atoms with Gasteiger partial charge in [0.25, 0.3) is 0 Å². The van der Waals surface area contributed by atoms with Crippen molar-refractivity contribution in [3.05, 3.63) is 100 Å². The molecule has 0 fully saturated rings. The van der Waals surface area contributed by atoms with Gasteiger partial charge in [-0.15, -0.1) is 0 Å². The molecule has 10 heteroatoms. The first-order valence-corrected chi connectivity index (χ1v) is 15.8. The molecule has 0 saturated carbocycles. The van der Waals surface area contributed by atoms with Crippen LogP contribution >= 0.6 is 11.6 Å². The third-order valence-electron chi connectivity index (χ3n) is 7.22. The molecule has 1 N–H and O–H groups in total. The van der Waals surface area contributed by atoms with Crippen molar-refractivity contribution in [1.82, 2.24) is 14.5 Å². The van der Waals surface area contributed by atoms with Gasteiger partial charge in [0.15, 0.2) is 0 Å². The average Bonchev–Trinajstić information content (AvgIpc) is 2.96. The highest BCUT2D eigenvalue weighted by Crippen LogP contribution is 2.27. The number of halogens is 1. The first-order chi connectivity index (χ1) is 19.8. The number of hydrogen-bond acceptors (Lipinski definition) is 4. The van der Waals surface area contributed by atoms with Crippen LogP contribution in [0.3, 0.4) is 0 Å². The zero-order valence-electron chi connectivity index (χ0n) is 25.2. The van der Waals surface area contributed by atoms with Gasteiger partial charge < -0.3 is 10.2 Å². The van der Waals surface area contributed by atoms with Gasteiger partial charge in [-0.25, -0.2) is 4.31 Å². The van der Waals surface area contributed by atoms with Crippen molar-refractivity contribution in [3.63, 3.8) is 0 Å². The Hall–Kier alpha value is -3.40. The van der Waals surface area contributed by atoms with E-state index in [1.807, 2.05) is 69.3 Å². The van der Waals surface area contributed by atoms with E-state index in [1.165, 1.54) is 19.0 Å². The zero-order valence-corrected chi connectivity index (χ0v) is 26.7. The fourth-order valence-electron chi connectivity index (χ4n) is 4.50. The fraction of sp³-hybridized carbons (Fsp3) is 0.375. The minimum absolute atomic E-state index is 0.0204. The summed E-state index contributed by atoms with van der Waals surface area (Å²) in [5, 5.41) is 3.48. The molecule has 0 bridgehead atoms. The second kappa shape index (κ2) is 14.7. The van der Waals surface area contributed by atoms with Crippen LogP contribution in [0.5, 0.6) is 0 Å². The minimum atomic E-state index is -4.08. The summed E-state index contributed by atoms with van der Waals surface area (Å²) in [5.74, 6) is -0.844. The molecule has 8 nitrogen and oxygen atoms in total. The van der Waals surface area contributed by atoms with Crippen LogP contribution in [0, 0.1) is 13.8 Å². The first kappa shape index (κ1) is 33.1. The molecular weight excluding hydrogens is 572 g/mol. The van der Waals surface area contributed by atoms with Gasteiger partial charge >= 0.3 is 10.2 Å². The molecule has 0 heterocycles. The maximum atomic E-state index is 14.4. The summed E-state index contributed by atoms with van der Waals surface area (Å²) in [6, 6.07) is 21.0. The van der Waals surface area contributed by atoms with Crippen LogP contribution in [0.2, 0.25) is 5.02 Å². The molecule has 0 unspecified atom stereocenters. The van der Waals surface area contributed by atoms with Crippen LogP contribution in [0.25, 0.3) is 0 Å². The number of aryl methyl sites for hydroxylation is 2. The maximum absolute atomic E-state index is 14.4. The Morgan fingerprint density at radius 3 is 2.21 bits per heavy atom. The number of anilines is 1. The van der Waals surface area contributed by atoms with Gasteiger partial charge in [0, 0.05) is 38.1 Å². The molecule has 42 heavy (non-hydrogen) atoms. The molecule has 3 aromatic rings. The lowest BCUT2D eigenvalue weighted by atomic mass is 10.0. The van der Waals surface area contributed by atoms with Gasteiger partial charge in [-0.2, -0.15) is 12.7 Å². The van der Waals surface area contributed by atoms with Crippen LogP contribution in [0.4, 0.5) is 5.69 Å². The van der Waals surface area contributed by atoms with Crippen molar-refractivity contribution in [3.8, 4) is 0 Å². The smallest absolute Gasteiger partial charge is 0.304 e. The molecule has 3 aromatic carbocycles. The van der Waals surface area contributed by atoms with E-state index in [2.05, 4.69) is 5.32 Å². The van der Waals surface area contributed by atoms with E-state index in [4.69, 9.17) is 11.6 Å². The summed E-state index contributed by atoms with van der Waals surface area (Å²) in [6.07, 6.45) is 0.951. The molecular formula is C32H41ClN4O4S. The molecule has 226 valence electrons. The van der Waals surface area contributed by atoms with Crippen LogP contribution in [-0.4, -0.2) is 62.2 Å². The van der Waals surface area contributed by atoms with Crippen molar-refractivity contribution < 1.29 is 18.0 Å². The Morgan fingerprint density at radius 2 is 1.60 bits per heavy atom. The number of nitrogens with one attached hydrogen (secondary N) is 1. The van der Waals surface area contributed by atoms with Gasteiger partial charge in [0.1, 0.15) is 12.6 Å². The lowest BCUT2D eigenvalue weighted by molar-refractivity contribution is -0.140. The third kappa shape index (κ3) is 8.33. The molecule has 0 saturated heterocycles. The second-order valence-corrected chi connectivity index (χ2v) is 13.2. The standard InChI is InChI=1S/C32H41ClN4O4S/c1-7-25(4)34-32(39)30(20-26-13-9-8-10-14-26)36(21-27-15-11-12-16-28(27)33)31(38)22-37(42(40,41)35(5)6)29-19-23(2)17-18-24(29)3/h8-19,25,30H,7,20-22H2,1-6H3,(H,34,39)/t25-,30+/m1/s1. The van der Waals surface area contributed by atoms with Crippen molar-refractivity contribution in [2.24, 2.45) is 0 Å². The molecule has 0 spiro atoms. The lowest BCUT2D eigenvalue weighted by Crippen LogP contribution is -2.55. The van der Waals surface area contributed by atoms with Gasteiger partial charge in [-0.1, -0.05) is 79.2 Å². The van der Waals surface area contributed by atoms with E-state index in [1.54, 1.807) is 31.2 Å². The topological polar surface area (TPSA) is 90.0 Å². The quantitative estimate of drug-likeness (QED) is 0.290. The Morgan fingerprint density at radius 1 is 0.952 bits per heavy atom. The number of carbonyl (C=O) groups excluding carboxylic acids is 2. The Labute approximate surface area is 255 Å². The summed E-state index contributed by atoms with van der Waals surface area (Å²) in [7, 11) is -1.22. The Bertz CT molecular complexity index is 1480. The highest BCUT2D eigenvalue weighted by Gasteiger charge is 2.35. The fourth-order valence-corrected chi connectivity index (χ4v) is 5.80. The number of nitrogens with zero attached hydrogens (tertiary/aromatic N) is 3. The third-order valence-corrected chi connectivity index (χ3v) is 9.40. The summed E-state index contributed by atoms with van der Waals surface area (Å²) in [6.45, 7) is 7.06. The maximum Gasteiger partial charge on any atom is 0.304 e. The molecule has 0 aliphatic carbocycles. The number of benzene rings is 3. The van der Waals surface area contributed by atoms with Gasteiger partial charge in [0.05, 0.1) is 5.69 Å². The van der Waals surface area contributed by atoms with Crippen LogP contribution in [0.1, 0.15) is 42.5 Å². The largest absolute Gasteiger partial charge is 0.352 e.